The fraction of sp³-hybridized carbons (Fsp3) is 0.824. The maximum absolute atomic E-state index is 10.1. The van der Waals surface area contributed by atoms with Gasteiger partial charge in [0.1, 0.15) is 6.29 Å². The minimum atomic E-state index is 0.745. The first-order valence-electron chi connectivity index (χ1n) is 7.91. The molecule has 0 fully saturated rings. The fourth-order valence-electron chi connectivity index (χ4n) is 2.24. The Morgan fingerprint density at radius 3 is 1.89 bits per heavy atom. The number of carbonyl (C=O) groups is 1. The normalized spacial score (nSPS) is 10.5. The Bertz CT molecular complexity index is 196. The standard InChI is InChI=1S/C17H32O/c1-3-4-5-11-14-17(2)15-12-9-7-6-8-10-13-16-18/h16H,2-15H2,1H3. The zero-order chi connectivity index (χ0) is 13.5. The van der Waals surface area contributed by atoms with E-state index in [0.717, 1.165) is 19.1 Å². The largest absolute Gasteiger partial charge is 0.303 e. The lowest BCUT2D eigenvalue weighted by molar-refractivity contribution is -0.107. The zero-order valence-electron chi connectivity index (χ0n) is 12.4. The molecule has 0 bridgehead atoms. The lowest BCUT2D eigenvalue weighted by atomic mass is 10.0. The third-order valence-electron chi connectivity index (χ3n) is 3.49. The van der Waals surface area contributed by atoms with Gasteiger partial charge in [-0.1, -0.05) is 64.0 Å². The van der Waals surface area contributed by atoms with Gasteiger partial charge in [0.05, 0.1) is 0 Å². The fourth-order valence-corrected chi connectivity index (χ4v) is 2.24. The number of unbranched alkanes of at least 4 members (excludes halogenated alkanes) is 9. The average Bonchev–Trinajstić information content (AvgIpc) is 2.38. The molecule has 0 aromatic rings. The molecule has 0 aliphatic carbocycles. The van der Waals surface area contributed by atoms with Crippen molar-refractivity contribution in [3.63, 3.8) is 0 Å². The van der Waals surface area contributed by atoms with Gasteiger partial charge in [0.25, 0.3) is 0 Å². The van der Waals surface area contributed by atoms with Gasteiger partial charge in [-0.2, -0.15) is 0 Å². The summed E-state index contributed by atoms with van der Waals surface area (Å²) in [7, 11) is 0. The topological polar surface area (TPSA) is 17.1 Å². The Labute approximate surface area is 114 Å². The first kappa shape index (κ1) is 17.4. The van der Waals surface area contributed by atoms with Crippen LogP contribution in [0.2, 0.25) is 0 Å². The lowest BCUT2D eigenvalue weighted by Crippen LogP contribution is -1.86. The molecule has 1 heteroatoms. The molecule has 0 saturated carbocycles. The highest BCUT2D eigenvalue weighted by molar-refractivity contribution is 5.48. The van der Waals surface area contributed by atoms with E-state index in [1.54, 1.807) is 0 Å². The van der Waals surface area contributed by atoms with E-state index in [-0.39, 0.29) is 0 Å². The molecular formula is C17H32O. The van der Waals surface area contributed by atoms with Gasteiger partial charge in [-0.25, -0.2) is 0 Å². The smallest absolute Gasteiger partial charge is 0.119 e. The van der Waals surface area contributed by atoms with Crippen molar-refractivity contribution in [1.82, 2.24) is 0 Å². The van der Waals surface area contributed by atoms with Crippen LogP contribution in [0, 0.1) is 0 Å². The van der Waals surface area contributed by atoms with Gasteiger partial charge in [-0.15, -0.1) is 0 Å². The predicted molar refractivity (Wildman–Crippen MR) is 80.9 cm³/mol. The Morgan fingerprint density at radius 1 is 0.833 bits per heavy atom. The molecule has 0 aliphatic heterocycles. The molecule has 0 unspecified atom stereocenters. The summed E-state index contributed by atoms with van der Waals surface area (Å²) >= 11 is 0. The van der Waals surface area contributed by atoms with E-state index in [1.807, 2.05) is 0 Å². The number of allylic oxidation sites excluding steroid dienone is 1. The molecule has 0 aromatic carbocycles. The second kappa shape index (κ2) is 14.5. The number of aldehydes is 1. The van der Waals surface area contributed by atoms with Gasteiger partial charge < -0.3 is 4.79 Å². The highest BCUT2D eigenvalue weighted by Gasteiger charge is 1.96. The Balaban J connectivity index is 3.12. The van der Waals surface area contributed by atoms with Crippen LogP contribution < -0.4 is 0 Å². The summed E-state index contributed by atoms with van der Waals surface area (Å²) in [5.74, 6) is 0. The molecular weight excluding hydrogens is 220 g/mol. The molecule has 106 valence electrons. The molecule has 0 N–H and O–H groups in total. The van der Waals surface area contributed by atoms with Crippen molar-refractivity contribution in [1.29, 1.82) is 0 Å². The van der Waals surface area contributed by atoms with Gasteiger partial charge in [0.15, 0.2) is 0 Å². The number of hydrogen-bond acceptors (Lipinski definition) is 1. The first-order chi connectivity index (χ1) is 8.81. The maximum atomic E-state index is 10.1. The summed E-state index contributed by atoms with van der Waals surface area (Å²) in [5, 5.41) is 0. The predicted octanol–water partition coefficient (Wildman–Crippen LogP) is 5.83. The van der Waals surface area contributed by atoms with E-state index < -0.39 is 0 Å². The van der Waals surface area contributed by atoms with Crippen LogP contribution >= 0.6 is 0 Å². The minimum absolute atomic E-state index is 0.745. The van der Waals surface area contributed by atoms with E-state index in [4.69, 9.17) is 0 Å². The van der Waals surface area contributed by atoms with Crippen LogP contribution in [0.25, 0.3) is 0 Å². The first-order valence-corrected chi connectivity index (χ1v) is 7.91. The summed E-state index contributed by atoms with van der Waals surface area (Å²) in [6.45, 7) is 6.43. The molecule has 0 atom stereocenters. The van der Waals surface area contributed by atoms with E-state index >= 15 is 0 Å². The van der Waals surface area contributed by atoms with Gasteiger partial charge >= 0.3 is 0 Å². The Kier molecular flexibility index (Phi) is 14.0. The number of hydrogen-bond donors (Lipinski definition) is 0. The Morgan fingerprint density at radius 2 is 1.33 bits per heavy atom. The van der Waals surface area contributed by atoms with E-state index in [1.165, 1.54) is 76.2 Å². The second-order valence-corrected chi connectivity index (χ2v) is 5.39. The van der Waals surface area contributed by atoms with Gasteiger partial charge in [0.2, 0.25) is 0 Å². The zero-order valence-corrected chi connectivity index (χ0v) is 12.4. The van der Waals surface area contributed by atoms with E-state index in [9.17, 15) is 4.79 Å². The lowest BCUT2D eigenvalue weighted by Gasteiger charge is -2.05. The van der Waals surface area contributed by atoms with Crippen molar-refractivity contribution in [2.75, 3.05) is 0 Å². The van der Waals surface area contributed by atoms with Crippen LogP contribution in [0.5, 0.6) is 0 Å². The summed E-state index contributed by atoms with van der Waals surface area (Å²) in [4.78, 5) is 10.1. The molecule has 0 aliphatic rings. The van der Waals surface area contributed by atoms with Crippen molar-refractivity contribution in [2.24, 2.45) is 0 Å². The van der Waals surface area contributed by atoms with Crippen molar-refractivity contribution >= 4 is 6.29 Å². The van der Waals surface area contributed by atoms with Gasteiger partial charge in [-0.05, 0) is 32.1 Å². The van der Waals surface area contributed by atoms with Crippen LogP contribution in [-0.4, -0.2) is 6.29 Å². The van der Waals surface area contributed by atoms with Crippen molar-refractivity contribution < 1.29 is 4.79 Å². The Hall–Kier alpha value is -0.590. The van der Waals surface area contributed by atoms with Crippen LogP contribution in [0.1, 0.15) is 90.4 Å². The summed E-state index contributed by atoms with van der Waals surface area (Å²) in [5.41, 5.74) is 1.45. The third kappa shape index (κ3) is 13.5. The summed E-state index contributed by atoms with van der Waals surface area (Å²) in [6, 6.07) is 0. The van der Waals surface area contributed by atoms with Crippen LogP contribution in [0.3, 0.4) is 0 Å². The highest BCUT2D eigenvalue weighted by Crippen LogP contribution is 2.16. The van der Waals surface area contributed by atoms with Crippen molar-refractivity contribution in [3.8, 4) is 0 Å². The molecule has 0 spiro atoms. The molecule has 0 aromatic heterocycles. The van der Waals surface area contributed by atoms with Crippen LogP contribution in [0.4, 0.5) is 0 Å². The highest BCUT2D eigenvalue weighted by atomic mass is 16.1. The molecule has 0 saturated heterocycles. The van der Waals surface area contributed by atoms with E-state index in [0.29, 0.717) is 0 Å². The van der Waals surface area contributed by atoms with Crippen LogP contribution in [-0.2, 0) is 4.79 Å². The van der Waals surface area contributed by atoms with Gasteiger partial charge in [0, 0.05) is 6.42 Å². The summed E-state index contributed by atoms with van der Waals surface area (Å²) in [6.07, 6.45) is 17.2. The SMILES string of the molecule is C=C(CCCCCC)CCCCCCCCC=O. The average molecular weight is 252 g/mol. The monoisotopic (exact) mass is 252 g/mol. The molecule has 18 heavy (non-hydrogen) atoms. The second-order valence-electron chi connectivity index (χ2n) is 5.39. The quantitative estimate of drug-likeness (QED) is 0.216. The molecule has 0 heterocycles. The van der Waals surface area contributed by atoms with Crippen molar-refractivity contribution in [2.45, 2.75) is 90.4 Å². The minimum Gasteiger partial charge on any atom is -0.303 e. The molecule has 0 radical (unpaired) electrons. The van der Waals surface area contributed by atoms with Crippen LogP contribution in [0.15, 0.2) is 12.2 Å². The van der Waals surface area contributed by atoms with Crippen molar-refractivity contribution in [3.05, 3.63) is 12.2 Å². The summed E-state index contributed by atoms with van der Waals surface area (Å²) < 4.78 is 0. The maximum Gasteiger partial charge on any atom is 0.119 e. The van der Waals surface area contributed by atoms with E-state index in [2.05, 4.69) is 13.5 Å². The number of carbonyl (C=O) groups excluding carboxylic acids is 1. The van der Waals surface area contributed by atoms with Gasteiger partial charge in [-0.3, -0.25) is 0 Å². The molecule has 1 nitrogen and oxygen atoms in total. The number of rotatable bonds is 14. The molecule has 0 amide bonds. The molecule has 0 rings (SSSR count). The third-order valence-corrected chi connectivity index (χ3v) is 3.49.